The zero-order valence-corrected chi connectivity index (χ0v) is 15.0. The molecule has 0 aliphatic carbocycles. The number of hydrogen-bond donors (Lipinski definition) is 1. The zero-order valence-electron chi connectivity index (χ0n) is 12.7. The predicted octanol–water partition coefficient (Wildman–Crippen LogP) is 2.96. The van der Waals surface area contributed by atoms with Crippen LogP contribution in [0, 0.1) is 0 Å². The van der Waals surface area contributed by atoms with Crippen molar-refractivity contribution in [1.29, 1.82) is 0 Å². The molecule has 25 heavy (non-hydrogen) atoms. The maximum absolute atomic E-state index is 12.2. The van der Waals surface area contributed by atoms with Gasteiger partial charge in [-0.2, -0.15) is 0 Å². The lowest BCUT2D eigenvalue weighted by Crippen LogP contribution is -2.26. The molecule has 0 bridgehead atoms. The fourth-order valence-corrected chi connectivity index (χ4v) is 3.40. The van der Waals surface area contributed by atoms with Crippen LogP contribution in [0.1, 0.15) is 5.89 Å². The third-order valence-electron chi connectivity index (χ3n) is 3.21. The van der Waals surface area contributed by atoms with E-state index >= 15 is 0 Å². The Morgan fingerprint density at radius 3 is 2.68 bits per heavy atom. The van der Waals surface area contributed by atoms with Gasteiger partial charge >= 0.3 is 0 Å². The Kier molecular flexibility index (Phi) is 5.33. The molecular weight excluding hydrogens is 387 g/mol. The van der Waals surface area contributed by atoms with Crippen molar-refractivity contribution in [3.8, 4) is 11.5 Å². The van der Waals surface area contributed by atoms with Crippen molar-refractivity contribution in [3.05, 3.63) is 58.7 Å². The van der Waals surface area contributed by atoms with E-state index in [1.54, 1.807) is 24.5 Å². The summed E-state index contributed by atoms with van der Waals surface area (Å²) in [7, 11) is -3.71. The normalized spacial score (nSPS) is 11.6. The predicted molar refractivity (Wildman–Crippen MR) is 92.9 cm³/mol. The number of halogens is 2. The second-order valence-corrected chi connectivity index (χ2v) is 7.55. The van der Waals surface area contributed by atoms with E-state index in [2.05, 4.69) is 19.9 Å². The molecular formula is C15H12Cl2N4O3S. The Hall–Kier alpha value is -2.00. The van der Waals surface area contributed by atoms with Gasteiger partial charge in [-0.15, -0.1) is 10.2 Å². The first-order valence-corrected chi connectivity index (χ1v) is 9.37. The van der Waals surface area contributed by atoms with Gasteiger partial charge in [0.2, 0.25) is 21.8 Å². The van der Waals surface area contributed by atoms with Crippen LogP contribution in [0.3, 0.4) is 0 Å². The van der Waals surface area contributed by atoms with Crippen LogP contribution in [0.4, 0.5) is 0 Å². The van der Waals surface area contributed by atoms with Crippen LogP contribution in [-0.4, -0.2) is 30.1 Å². The molecule has 3 rings (SSSR count). The number of pyridine rings is 1. The van der Waals surface area contributed by atoms with Crippen LogP contribution >= 0.6 is 23.2 Å². The molecule has 0 radical (unpaired) electrons. The summed E-state index contributed by atoms with van der Waals surface area (Å²) in [4.78, 5) is 4.00. The fraction of sp³-hybridized carbons (Fsp3) is 0.133. The summed E-state index contributed by atoms with van der Waals surface area (Å²) in [5.74, 6) is 0.645. The molecule has 0 atom stereocenters. The number of nitrogens with zero attached hydrogens (tertiary/aromatic N) is 3. The van der Waals surface area contributed by atoms with Gasteiger partial charge in [-0.3, -0.25) is 4.98 Å². The van der Waals surface area contributed by atoms with Crippen LogP contribution in [0.25, 0.3) is 11.5 Å². The Balaban J connectivity index is 1.63. The number of hydrogen-bond acceptors (Lipinski definition) is 6. The molecule has 0 saturated heterocycles. The van der Waals surface area contributed by atoms with Crippen LogP contribution in [0.5, 0.6) is 0 Å². The largest absolute Gasteiger partial charge is 0.421 e. The summed E-state index contributed by atoms with van der Waals surface area (Å²) < 4.78 is 32.4. The van der Waals surface area contributed by atoms with E-state index in [-0.39, 0.29) is 27.9 Å². The van der Waals surface area contributed by atoms with Crippen LogP contribution in [0.15, 0.2) is 52.0 Å². The maximum Gasteiger partial charge on any atom is 0.249 e. The van der Waals surface area contributed by atoms with Gasteiger partial charge in [0, 0.05) is 25.4 Å². The lowest BCUT2D eigenvalue weighted by Gasteiger charge is -2.06. The van der Waals surface area contributed by atoms with Crippen LogP contribution < -0.4 is 4.72 Å². The van der Waals surface area contributed by atoms with E-state index in [9.17, 15) is 8.42 Å². The standard InChI is InChI=1S/C15H12Cl2N4O3S/c16-12-4-3-11(8-13(12)17)25(22,23)19-7-5-14-20-21-15(24-14)10-2-1-6-18-9-10/h1-4,6,8-9,19H,5,7H2. The Labute approximate surface area is 154 Å². The molecule has 7 nitrogen and oxygen atoms in total. The fourth-order valence-electron chi connectivity index (χ4n) is 1.98. The highest BCUT2D eigenvalue weighted by Crippen LogP contribution is 2.24. The quantitative estimate of drug-likeness (QED) is 0.685. The van der Waals surface area contributed by atoms with Crippen molar-refractivity contribution in [3.63, 3.8) is 0 Å². The molecule has 10 heteroatoms. The highest BCUT2D eigenvalue weighted by Gasteiger charge is 2.16. The van der Waals surface area contributed by atoms with Gasteiger partial charge in [0.05, 0.1) is 20.5 Å². The molecule has 0 unspecified atom stereocenters. The summed E-state index contributed by atoms with van der Waals surface area (Å²) in [6, 6.07) is 7.64. The third-order valence-corrected chi connectivity index (χ3v) is 5.41. The Morgan fingerprint density at radius 2 is 1.96 bits per heavy atom. The highest BCUT2D eigenvalue weighted by atomic mass is 35.5. The van der Waals surface area contributed by atoms with Gasteiger partial charge < -0.3 is 4.42 Å². The molecule has 0 saturated carbocycles. The van der Waals surface area contributed by atoms with Crippen molar-refractivity contribution in [2.24, 2.45) is 0 Å². The third kappa shape index (κ3) is 4.35. The monoisotopic (exact) mass is 398 g/mol. The molecule has 3 aromatic rings. The first kappa shape index (κ1) is 17.8. The van der Waals surface area contributed by atoms with Gasteiger partial charge in [0.25, 0.3) is 0 Å². The number of benzene rings is 1. The number of sulfonamides is 1. The minimum absolute atomic E-state index is 0.0310. The van der Waals surface area contributed by atoms with Crippen molar-refractivity contribution in [2.45, 2.75) is 11.3 Å². The minimum atomic E-state index is -3.71. The van der Waals surface area contributed by atoms with Crippen molar-refractivity contribution in [2.75, 3.05) is 6.54 Å². The number of rotatable bonds is 6. The number of aromatic nitrogens is 3. The van der Waals surface area contributed by atoms with Crippen molar-refractivity contribution >= 4 is 33.2 Å². The first-order chi connectivity index (χ1) is 12.0. The topological polar surface area (TPSA) is 98.0 Å². The van der Waals surface area contributed by atoms with Gasteiger partial charge in [-0.05, 0) is 30.3 Å². The minimum Gasteiger partial charge on any atom is -0.421 e. The van der Waals surface area contributed by atoms with E-state index in [0.29, 0.717) is 17.3 Å². The highest BCUT2D eigenvalue weighted by molar-refractivity contribution is 7.89. The number of nitrogens with one attached hydrogen (secondary N) is 1. The van der Waals surface area contributed by atoms with Crippen molar-refractivity contribution < 1.29 is 12.8 Å². The molecule has 2 aromatic heterocycles. The molecule has 0 spiro atoms. The van der Waals surface area contributed by atoms with E-state index in [4.69, 9.17) is 27.6 Å². The summed E-state index contributed by atoms with van der Waals surface area (Å²) in [5.41, 5.74) is 0.692. The van der Waals surface area contributed by atoms with E-state index in [0.717, 1.165) is 0 Å². The van der Waals surface area contributed by atoms with Crippen LogP contribution in [0.2, 0.25) is 10.0 Å². The Bertz CT molecular complexity index is 977. The van der Waals surface area contributed by atoms with E-state index in [1.807, 2.05) is 0 Å². The average Bonchev–Trinajstić information content (AvgIpc) is 3.07. The zero-order chi connectivity index (χ0) is 17.9. The lowest BCUT2D eigenvalue weighted by molar-refractivity contribution is 0.501. The summed E-state index contributed by atoms with van der Waals surface area (Å²) >= 11 is 11.6. The first-order valence-electron chi connectivity index (χ1n) is 7.13. The van der Waals surface area contributed by atoms with Gasteiger partial charge in [-0.1, -0.05) is 23.2 Å². The maximum atomic E-state index is 12.2. The lowest BCUT2D eigenvalue weighted by atomic mass is 10.3. The molecule has 1 aromatic carbocycles. The second-order valence-electron chi connectivity index (χ2n) is 4.97. The molecule has 0 aliphatic rings. The van der Waals surface area contributed by atoms with Crippen LogP contribution in [-0.2, 0) is 16.4 Å². The molecule has 130 valence electrons. The molecule has 0 fully saturated rings. The Morgan fingerprint density at radius 1 is 1.12 bits per heavy atom. The second kappa shape index (κ2) is 7.49. The van der Waals surface area contributed by atoms with Gasteiger partial charge in [0.1, 0.15) is 0 Å². The summed E-state index contributed by atoms with van der Waals surface area (Å²) in [6.45, 7) is 0.0945. The molecule has 0 amide bonds. The smallest absolute Gasteiger partial charge is 0.249 e. The SMILES string of the molecule is O=S(=O)(NCCc1nnc(-c2cccnc2)o1)c1ccc(Cl)c(Cl)c1. The molecule has 1 N–H and O–H groups in total. The van der Waals surface area contributed by atoms with Gasteiger partial charge in [-0.25, -0.2) is 13.1 Å². The van der Waals surface area contributed by atoms with Gasteiger partial charge in [0.15, 0.2) is 0 Å². The average molecular weight is 399 g/mol. The molecule has 0 aliphatic heterocycles. The summed E-state index contributed by atoms with van der Waals surface area (Å²) in [6.07, 6.45) is 3.48. The van der Waals surface area contributed by atoms with E-state index < -0.39 is 10.0 Å². The van der Waals surface area contributed by atoms with Crippen molar-refractivity contribution in [1.82, 2.24) is 19.9 Å². The molecule has 2 heterocycles. The summed E-state index contributed by atoms with van der Waals surface area (Å²) in [5, 5.41) is 8.26. The van der Waals surface area contributed by atoms with E-state index in [1.165, 1.54) is 18.2 Å².